The highest BCUT2D eigenvalue weighted by atomic mass is 19.1. The summed E-state index contributed by atoms with van der Waals surface area (Å²) >= 11 is 0. The average Bonchev–Trinajstić information content (AvgIpc) is 2.86. The van der Waals surface area contributed by atoms with E-state index in [1.807, 2.05) is 13.8 Å². The summed E-state index contributed by atoms with van der Waals surface area (Å²) < 4.78 is 24.0. The third-order valence-electron chi connectivity index (χ3n) is 5.80. The highest BCUT2D eigenvalue weighted by Crippen LogP contribution is 2.39. The number of nitro benzene ring substituents is 1. The van der Waals surface area contributed by atoms with Crippen molar-refractivity contribution < 1.29 is 28.4 Å². The molecule has 1 N–H and O–H groups in total. The van der Waals surface area contributed by atoms with Gasteiger partial charge in [-0.15, -0.1) is 0 Å². The van der Waals surface area contributed by atoms with E-state index < -0.39 is 29.2 Å². The minimum Gasteiger partial charge on any atom is -0.477 e. The molecule has 9 nitrogen and oxygen atoms in total. The number of nitro groups is 1. The number of amides is 1. The fraction of sp³-hybridized carbons (Fsp3) is 0.300. The Morgan fingerprint density at radius 2 is 1.75 bits per heavy atom. The van der Waals surface area contributed by atoms with Crippen LogP contribution in [0.4, 0.5) is 10.1 Å². The molecule has 3 aromatic rings. The van der Waals surface area contributed by atoms with Crippen LogP contribution in [0.5, 0.6) is 11.5 Å². The van der Waals surface area contributed by atoms with Crippen LogP contribution in [-0.2, 0) is 10.2 Å². The normalized spacial score (nSPS) is 11.8. The molecule has 0 saturated carbocycles. The Balaban J connectivity index is 1.59. The average molecular weight is 550 g/mol. The van der Waals surface area contributed by atoms with Crippen molar-refractivity contribution in [2.75, 3.05) is 6.61 Å². The van der Waals surface area contributed by atoms with Gasteiger partial charge in [0.1, 0.15) is 11.6 Å². The van der Waals surface area contributed by atoms with Crippen LogP contribution in [0.3, 0.4) is 0 Å². The van der Waals surface area contributed by atoms with Gasteiger partial charge in [-0.2, -0.15) is 5.10 Å². The molecule has 210 valence electrons. The summed E-state index contributed by atoms with van der Waals surface area (Å²) in [6, 6.07) is 16.2. The Kier molecular flexibility index (Phi) is 9.36. The first-order valence-corrected chi connectivity index (χ1v) is 12.5. The molecule has 0 radical (unpaired) electrons. The lowest BCUT2D eigenvalue weighted by Gasteiger charge is -2.33. The second-order valence-corrected chi connectivity index (χ2v) is 11.1. The van der Waals surface area contributed by atoms with Gasteiger partial charge in [0.25, 0.3) is 5.91 Å². The summed E-state index contributed by atoms with van der Waals surface area (Å²) in [6.07, 6.45) is 2.14. The second-order valence-electron chi connectivity index (χ2n) is 11.1. The van der Waals surface area contributed by atoms with Gasteiger partial charge in [-0.1, -0.05) is 58.9 Å². The third-order valence-corrected chi connectivity index (χ3v) is 5.80. The molecule has 0 atom stereocenters. The number of esters is 1. The molecule has 0 unspecified atom stereocenters. The van der Waals surface area contributed by atoms with Gasteiger partial charge in [-0.3, -0.25) is 14.9 Å². The molecule has 10 heteroatoms. The van der Waals surface area contributed by atoms with Crippen LogP contribution in [0.2, 0.25) is 0 Å². The number of halogens is 1. The zero-order valence-electron chi connectivity index (χ0n) is 23.1. The molecule has 40 heavy (non-hydrogen) atoms. The minimum atomic E-state index is -0.723. The van der Waals surface area contributed by atoms with Crippen molar-refractivity contribution in [3.8, 4) is 11.5 Å². The molecule has 0 fully saturated rings. The predicted molar refractivity (Wildman–Crippen MR) is 149 cm³/mol. The summed E-state index contributed by atoms with van der Waals surface area (Å²) in [5.41, 5.74) is 3.17. The molecule has 0 aromatic heterocycles. The summed E-state index contributed by atoms with van der Waals surface area (Å²) in [6.45, 7) is 9.92. The Hall–Kier alpha value is -4.60. The van der Waals surface area contributed by atoms with E-state index in [1.54, 1.807) is 24.3 Å². The first-order valence-electron chi connectivity index (χ1n) is 12.5. The number of rotatable bonds is 10. The number of carbonyl (C=O) groups excluding carboxylic acids is 2. The lowest BCUT2D eigenvalue weighted by atomic mass is 9.72. The van der Waals surface area contributed by atoms with Gasteiger partial charge in [0, 0.05) is 6.07 Å². The number of benzene rings is 3. The molecule has 1 amide bonds. The highest BCUT2D eigenvalue weighted by Gasteiger charge is 2.30. The van der Waals surface area contributed by atoms with Crippen LogP contribution in [-0.4, -0.2) is 29.6 Å². The Labute approximate surface area is 232 Å². The molecule has 3 rings (SSSR count). The highest BCUT2D eigenvalue weighted by molar-refractivity contribution is 5.91. The van der Waals surface area contributed by atoms with Crippen LogP contribution in [0.15, 0.2) is 71.8 Å². The molecule has 0 spiro atoms. The summed E-state index contributed by atoms with van der Waals surface area (Å²) in [5.74, 6) is -1.72. The molecular weight excluding hydrogens is 517 g/mol. The molecule has 3 aromatic carbocycles. The van der Waals surface area contributed by atoms with Crippen LogP contribution >= 0.6 is 0 Å². The van der Waals surface area contributed by atoms with Crippen molar-refractivity contribution in [3.05, 3.63) is 99.4 Å². The molecular formula is C30H32FN3O6. The zero-order chi connectivity index (χ0) is 29.5. The van der Waals surface area contributed by atoms with Gasteiger partial charge in [-0.05, 0) is 64.8 Å². The fourth-order valence-corrected chi connectivity index (χ4v) is 4.43. The molecule has 0 saturated heterocycles. The van der Waals surface area contributed by atoms with Gasteiger partial charge >= 0.3 is 11.7 Å². The molecule has 0 aliphatic rings. The van der Waals surface area contributed by atoms with E-state index in [1.165, 1.54) is 42.6 Å². The lowest BCUT2D eigenvalue weighted by Crippen LogP contribution is -2.26. The number of hydrazone groups is 1. The van der Waals surface area contributed by atoms with Crippen LogP contribution in [0, 0.1) is 21.3 Å². The van der Waals surface area contributed by atoms with E-state index in [9.17, 15) is 24.1 Å². The van der Waals surface area contributed by atoms with Crippen molar-refractivity contribution in [2.45, 2.75) is 46.5 Å². The van der Waals surface area contributed by atoms with Crippen molar-refractivity contribution in [2.24, 2.45) is 10.5 Å². The topological polar surface area (TPSA) is 120 Å². The maximum absolute atomic E-state index is 13.4. The number of carbonyl (C=O) groups is 2. The van der Waals surface area contributed by atoms with Crippen molar-refractivity contribution in [3.63, 3.8) is 0 Å². The zero-order valence-corrected chi connectivity index (χ0v) is 23.1. The Morgan fingerprint density at radius 1 is 1.02 bits per heavy atom. The molecule has 0 aliphatic heterocycles. The van der Waals surface area contributed by atoms with Gasteiger partial charge in [0.2, 0.25) is 0 Å². The van der Waals surface area contributed by atoms with Gasteiger partial charge in [0.05, 0.1) is 16.7 Å². The van der Waals surface area contributed by atoms with Crippen molar-refractivity contribution in [1.29, 1.82) is 0 Å². The molecule has 0 aliphatic carbocycles. The van der Waals surface area contributed by atoms with Gasteiger partial charge in [-0.25, -0.2) is 14.6 Å². The van der Waals surface area contributed by atoms with Crippen molar-refractivity contribution >= 4 is 23.8 Å². The third kappa shape index (κ3) is 8.72. The summed E-state index contributed by atoms with van der Waals surface area (Å²) in [5, 5.41) is 15.6. The number of hydrogen-bond acceptors (Lipinski definition) is 7. The fourth-order valence-electron chi connectivity index (χ4n) is 4.43. The largest absolute Gasteiger partial charge is 0.477 e. The smallest absolute Gasteiger partial charge is 0.343 e. The number of nitrogens with one attached hydrogen (secondary N) is 1. The number of ether oxygens (including phenoxy) is 2. The van der Waals surface area contributed by atoms with E-state index in [0.29, 0.717) is 5.56 Å². The molecule has 0 heterocycles. The van der Waals surface area contributed by atoms with E-state index >= 15 is 0 Å². The lowest BCUT2D eigenvalue weighted by molar-refractivity contribution is -0.385. The predicted octanol–water partition coefficient (Wildman–Crippen LogP) is 6.20. The quantitative estimate of drug-likeness (QED) is 0.106. The standard InChI is InChI=1S/C30H32FN3O6/c1-29(2,3)19-30(4,5)22-12-13-26(25(16-22)34(37)38)39-18-27(35)33-32-17-20-8-6-11-24(14-20)40-28(36)21-9-7-10-23(31)15-21/h6-17H,18-19H2,1-5H3,(H,33,35)/b32-17+. The van der Waals surface area contributed by atoms with E-state index in [2.05, 4.69) is 31.3 Å². The Morgan fingerprint density at radius 3 is 2.42 bits per heavy atom. The first kappa shape index (κ1) is 29.9. The SMILES string of the molecule is CC(C)(C)CC(C)(C)c1ccc(OCC(=O)N/N=C/c2cccc(OC(=O)c3cccc(F)c3)c2)c([N+](=O)[O-])c1. The minimum absolute atomic E-state index is 0.0211. The Bertz CT molecular complexity index is 1430. The maximum Gasteiger partial charge on any atom is 0.343 e. The van der Waals surface area contributed by atoms with Crippen LogP contribution < -0.4 is 14.9 Å². The maximum atomic E-state index is 13.4. The van der Waals surface area contributed by atoms with Crippen LogP contribution in [0.25, 0.3) is 0 Å². The van der Waals surface area contributed by atoms with Crippen LogP contribution in [0.1, 0.15) is 62.5 Å². The van der Waals surface area contributed by atoms with Crippen molar-refractivity contribution in [1.82, 2.24) is 5.43 Å². The van der Waals surface area contributed by atoms with E-state index in [0.717, 1.165) is 18.1 Å². The number of nitrogens with zero attached hydrogens (tertiary/aromatic N) is 2. The number of hydrogen-bond donors (Lipinski definition) is 1. The van der Waals surface area contributed by atoms with E-state index in [-0.39, 0.29) is 33.6 Å². The van der Waals surface area contributed by atoms with Gasteiger partial charge in [0.15, 0.2) is 12.4 Å². The first-order chi connectivity index (χ1) is 18.7. The van der Waals surface area contributed by atoms with E-state index in [4.69, 9.17) is 9.47 Å². The van der Waals surface area contributed by atoms with Gasteiger partial charge < -0.3 is 9.47 Å². The second kappa shape index (κ2) is 12.5. The summed E-state index contributed by atoms with van der Waals surface area (Å²) in [7, 11) is 0. The monoisotopic (exact) mass is 549 g/mol. The summed E-state index contributed by atoms with van der Waals surface area (Å²) in [4.78, 5) is 35.6. The molecule has 0 bridgehead atoms.